The van der Waals surface area contributed by atoms with Gasteiger partial charge in [0.25, 0.3) is 12.3 Å². The number of hydrogen-bond acceptors (Lipinski definition) is 5. The minimum Gasteiger partial charge on any atom is -0.370 e. The minimum absolute atomic E-state index is 0.0727. The van der Waals surface area contributed by atoms with Crippen molar-refractivity contribution in [2.24, 2.45) is 5.73 Å². The van der Waals surface area contributed by atoms with Crippen molar-refractivity contribution in [3.63, 3.8) is 0 Å². The van der Waals surface area contributed by atoms with Crippen LogP contribution in [-0.2, 0) is 19.1 Å². The van der Waals surface area contributed by atoms with E-state index in [2.05, 4.69) is 10.6 Å². The number of nitrogens with one attached hydrogen (secondary N) is 2. The van der Waals surface area contributed by atoms with Gasteiger partial charge in [-0.05, 0) is 18.2 Å². The standard InChI is InChI=1S/C16H20F2N4O4/c1-9(23)20-12(7-19)16(25)21-10-2-3-13(11(6-10)15(17)18)22-4-5-26-8-14(22)24/h2-3,6,12,15H,4-5,7-8,19H2,1H3,(H,20,23)(H,21,25)/t12-/m1/s1. The second-order valence-electron chi connectivity index (χ2n) is 5.65. The van der Waals surface area contributed by atoms with Crippen LogP contribution in [-0.4, -0.2) is 50.1 Å². The summed E-state index contributed by atoms with van der Waals surface area (Å²) in [6.07, 6.45) is -2.85. The number of rotatable bonds is 6. The van der Waals surface area contributed by atoms with Crippen molar-refractivity contribution in [3.05, 3.63) is 23.8 Å². The number of nitrogens with zero attached hydrogens (tertiary/aromatic N) is 1. The Morgan fingerprint density at radius 3 is 2.69 bits per heavy atom. The fourth-order valence-electron chi connectivity index (χ4n) is 2.53. The number of benzene rings is 1. The van der Waals surface area contributed by atoms with Crippen molar-refractivity contribution in [3.8, 4) is 0 Å². The van der Waals surface area contributed by atoms with Crippen LogP contribution in [0, 0.1) is 0 Å². The van der Waals surface area contributed by atoms with E-state index in [1.54, 1.807) is 0 Å². The number of morpholine rings is 1. The summed E-state index contributed by atoms with van der Waals surface area (Å²) in [5.41, 5.74) is 5.23. The molecule has 0 saturated carbocycles. The van der Waals surface area contributed by atoms with Gasteiger partial charge in [0.1, 0.15) is 12.6 Å². The van der Waals surface area contributed by atoms with Crippen molar-refractivity contribution in [2.45, 2.75) is 19.4 Å². The van der Waals surface area contributed by atoms with Gasteiger partial charge in [-0.3, -0.25) is 14.4 Å². The number of halogens is 2. The Morgan fingerprint density at radius 2 is 2.12 bits per heavy atom. The van der Waals surface area contributed by atoms with Gasteiger partial charge in [-0.1, -0.05) is 0 Å². The predicted molar refractivity (Wildman–Crippen MR) is 89.9 cm³/mol. The summed E-state index contributed by atoms with van der Waals surface area (Å²) in [6.45, 7) is 1.34. The molecule has 142 valence electrons. The molecule has 8 nitrogen and oxygen atoms in total. The van der Waals surface area contributed by atoms with Crippen molar-refractivity contribution in [2.75, 3.05) is 36.5 Å². The van der Waals surface area contributed by atoms with E-state index >= 15 is 0 Å². The smallest absolute Gasteiger partial charge is 0.265 e. The van der Waals surface area contributed by atoms with Gasteiger partial charge in [-0.25, -0.2) is 8.78 Å². The third-order valence-corrected chi connectivity index (χ3v) is 3.74. The molecule has 1 aliphatic heterocycles. The summed E-state index contributed by atoms with van der Waals surface area (Å²) in [5, 5.41) is 4.80. The lowest BCUT2D eigenvalue weighted by atomic mass is 10.1. The van der Waals surface area contributed by atoms with E-state index < -0.39 is 30.2 Å². The number of ether oxygens (including phenoxy) is 1. The maximum Gasteiger partial charge on any atom is 0.265 e. The molecule has 4 N–H and O–H groups in total. The first-order valence-corrected chi connectivity index (χ1v) is 7.91. The second kappa shape index (κ2) is 8.68. The number of carbonyl (C=O) groups is 3. The van der Waals surface area contributed by atoms with Crippen LogP contribution < -0.4 is 21.3 Å². The lowest BCUT2D eigenvalue weighted by Crippen LogP contribution is -2.47. The number of nitrogens with two attached hydrogens (primary N) is 1. The molecule has 0 spiro atoms. The van der Waals surface area contributed by atoms with E-state index in [4.69, 9.17) is 10.5 Å². The van der Waals surface area contributed by atoms with Gasteiger partial charge in [0, 0.05) is 31.3 Å². The summed E-state index contributed by atoms with van der Waals surface area (Å²) in [5.74, 6) is -1.48. The lowest BCUT2D eigenvalue weighted by molar-refractivity contribution is -0.125. The molecule has 3 amide bonds. The normalized spacial score (nSPS) is 15.7. The van der Waals surface area contributed by atoms with Gasteiger partial charge < -0.3 is 26.0 Å². The number of carbonyl (C=O) groups excluding carboxylic acids is 3. The van der Waals surface area contributed by atoms with Crippen LogP contribution in [0.15, 0.2) is 18.2 Å². The zero-order valence-corrected chi connectivity index (χ0v) is 14.1. The Labute approximate surface area is 148 Å². The summed E-state index contributed by atoms with van der Waals surface area (Å²) in [4.78, 5) is 36.3. The number of amides is 3. The summed E-state index contributed by atoms with van der Waals surface area (Å²) in [6, 6.07) is 2.87. The number of hydrogen-bond donors (Lipinski definition) is 3. The molecule has 10 heteroatoms. The molecule has 0 radical (unpaired) electrons. The van der Waals surface area contributed by atoms with Crippen molar-refractivity contribution < 1.29 is 27.9 Å². The third-order valence-electron chi connectivity index (χ3n) is 3.74. The molecule has 0 aromatic heterocycles. The molecule has 0 aliphatic carbocycles. The predicted octanol–water partition coefficient (Wildman–Crippen LogP) is 0.389. The number of anilines is 2. The highest BCUT2D eigenvalue weighted by atomic mass is 19.3. The highest BCUT2D eigenvalue weighted by Gasteiger charge is 2.26. The Balaban J connectivity index is 2.23. The average molecular weight is 370 g/mol. The molecule has 26 heavy (non-hydrogen) atoms. The van der Waals surface area contributed by atoms with Gasteiger partial charge in [-0.2, -0.15) is 0 Å². The monoisotopic (exact) mass is 370 g/mol. The molecule has 1 heterocycles. The van der Waals surface area contributed by atoms with Crippen LogP contribution in [0.2, 0.25) is 0 Å². The summed E-state index contributed by atoms with van der Waals surface area (Å²) >= 11 is 0. The second-order valence-corrected chi connectivity index (χ2v) is 5.65. The fraction of sp³-hybridized carbons (Fsp3) is 0.438. The Kier molecular flexibility index (Phi) is 6.58. The first-order chi connectivity index (χ1) is 12.3. The molecule has 0 bridgehead atoms. The van der Waals surface area contributed by atoms with E-state index in [1.807, 2.05) is 0 Å². The van der Waals surface area contributed by atoms with Gasteiger partial charge in [0.2, 0.25) is 11.8 Å². The maximum absolute atomic E-state index is 13.5. The van der Waals surface area contributed by atoms with Crippen molar-refractivity contribution in [1.82, 2.24) is 5.32 Å². The highest BCUT2D eigenvalue weighted by molar-refractivity contribution is 5.98. The zero-order valence-electron chi connectivity index (χ0n) is 14.1. The van der Waals surface area contributed by atoms with Crippen LogP contribution in [0.25, 0.3) is 0 Å². The molecular weight excluding hydrogens is 350 g/mol. The molecule has 1 saturated heterocycles. The summed E-state index contributed by atoms with van der Waals surface area (Å²) in [7, 11) is 0. The van der Waals surface area contributed by atoms with Crippen LogP contribution in [0.3, 0.4) is 0 Å². The Morgan fingerprint density at radius 1 is 1.38 bits per heavy atom. The van der Waals surface area contributed by atoms with Crippen LogP contribution >= 0.6 is 0 Å². The van der Waals surface area contributed by atoms with E-state index in [0.717, 1.165) is 6.07 Å². The molecular formula is C16H20F2N4O4. The quantitative estimate of drug-likeness (QED) is 0.670. The van der Waals surface area contributed by atoms with Crippen LogP contribution in [0.4, 0.5) is 20.2 Å². The molecule has 1 aromatic rings. The number of alkyl halides is 2. The molecule has 1 aliphatic rings. The summed E-state index contributed by atoms with van der Waals surface area (Å²) < 4.78 is 31.9. The van der Waals surface area contributed by atoms with E-state index in [9.17, 15) is 23.2 Å². The lowest BCUT2D eigenvalue weighted by Gasteiger charge is -2.29. The van der Waals surface area contributed by atoms with Gasteiger partial charge in [0.15, 0.2) is 0 Å². The fourth-order valence-corrected chi connectivity index (χ4v) is 2.53. The van der Waals surface area contributed by atoms with E-state index in [-0.39, 0.29) is 43.2 Å². The first kappa shape index (κ1) is 19.7. The zero-order chi connectivity index (χ0) is 19.3. The molecule has 0 unspecified atom stereocenters. The third kappa shape index (κ3) is 4.73. The van der Waals surface area contributed by atoms with Crippen LogP contribution in [0.1, 0.15) is 18.9 Å². The first-order valence-electron chi connectivity index (χ1n) is 7.91. The van der Waals surface area contributed by atoms with Crippen molar-refractivity contribution in [1.29, 1.82) is 0 Å². The van der Waals surface area contributed by atoms with Crippen LogP contribution in [0.5, 0.6) is 0 Å². The van der Waals surface area contributed by atoms with E-state index in [0.29, 0.717) is 0 Å². The maximum atomic E-state index is 13.5. The Hall–Kier alpha value is -2.59. The Bertz CT molecular complexity index is 699. The average Bonchev–Trinajstić information content (AvgIpc) is 2.60. The SMILES string of the molecule is CC(=O)N[C@H](CN)C(=O)Nc1ccc(N2CCOCC2=O)c(C(F)F)c1. The van der Waals surface area contributed by atoms with Crippen molar-refractivity contribution >= 4 is 29.1 Å². The van der Waals surface area contributed by atoms with Gasteiger partial charge in [0.05, 0.1) is 12.3 Å². The minimum atomic E-state index is -2.85. The van der Waals surface area contributed by atoms with Gasteiger partial charge >= 0.3 is 0 Å². The van der Waals surface area contributed by atoms with E-state index in [1.165, 1.54) is 24.0 Å². The molecule has 1 aromatic carbocycles. The topological polar surface area (TPSA) is 114 Å². The largest absolute Gasteiger partial charge is 0.370 e. The molecule has 1 atom stereocenters. The van der Waals surface area contributed by atoms with Gasteiger partial charge in [-0.15, -0.1) is 0 Å². The highest BCUT2D eigenvalue weighted by Crippen LogP contribution is 2.33. The molecule has 2 rings (SSSR count). The molecule has 1 fully saturated rings.